The summed E-state index contributed by atoms with van der Waals surface area (Å²) in [6.07, 6.45) is 10.3. The number of aliphatic hydroxyl groups excluding tert-OH is 2. The second-order valence-corrected chi connectivity index (χ2v) is 17.9. The monoisotopic (exact) mass is 1640 g/mol. The molecule has 0 aromatic carbocycles. The lowest BCUT2D eigenvalue weighted by Gasteiger charge is -2.08. The molecule has 0 fully saturated rings. The molecule has 2 atom stereocenters. The first kappa shape index (κ1) is 183. The molecule has 2 unspecified atom stereocenters. The molecule has 0 aliphatic carbocycles. The van der Waals surface area contributed by atoms with Crippen molar-refractivity contribution >= 4 is 18.3 Å². The maximum absolute atomic E-state index is 10.9. The first-order chi connectivity index (χ1) is 45.3. The van der Waals surface area contributed by atoms with Crippen LogP contribution in [0.25, 0.3) is 0 Å². The van der Waals surface area contributed by atoms with Gasteiger partial charge in [0.2, 0.25) is 0 Å². The minimum absolute atomic E-state index is 0. The van der Waals surface area contributed by atoms with Crippen molar-refractivity contribution in [1.82, 2.24) is 26.6 Å². The molecular formula is C81H211N5O24. The summed E-state index contributed by atoms with van der Waals surface area (Å²) in [4.78, 5) is 57.0. The van der Waals surface area contributed by atoms with E-state index in [4.69, 9.17) is 95.8 Å². The smallest absolute Gasteiger partial charge is 0.408 e. The minimum Gasteiger partial charge on any atom is -0.450 e. The van der Waals surface area contributed by atoms with Gasteiger partial charge < -0.3 is 92.5 Å². The molecule has 0 rings (SSSR count). The van der Waals surface area contributed by atoms with Crippen molar-refractivity contribution in [2.24, 2.45) is 0 Å². The zero-order chi connectivity index (χ0) is 71.7. The van der Waals surface area contributed by atoms with Crippen LogP contribution in [-0.2, 0) is 95.5 Å². The van der Waals surface area contributed by atoms with E-state index in [2.05, 4.69) is 59.0 Å². The van der Waals surface area contributed by atoms with Crippen molar-refractivity contribution in [3.05, 3.63) is 0 Å². The number of carbonyl (C=O) groups is 2. The molecule has 7 N–H and O–H groups in total. The van der Waals surface area contributed by atoms with Gasteiger partial charge in [-0.3, -0.25) is 10.6 Å². The molecule has 29 heteroatoms. The summed E-state index contributed by atoms with van der Waals surface area (Å²) in [6.45, 7) is 51.1. The van der Waals surface area contributed by atoms with Crippen molar-refractivity contribution in [1.29, 1.82) is 0 Å². The van der Waals surface area contributed by atoms with Crippen molar-refractivity contribution in [2.75, 3.05) is 212 Å². The molecule has 2 amide bonds. The lowest BCUT2D eigenvalue weighted by molar-refractivity contribution is -0.303. The highest BCUT2D eigenvalue weighted by Gasteiger charge is 2.02. The fourth-order valence-corrected chi connectivity index (χ4v) is 5.07. The third-order valence-corrected chi connectivity index (χ3v) is 9.84. The minimum atomic E-state index is -0.465. The van der Waals surface area contributed by atoms with Gasteiger partial charge in [0.1, 0.15) is 40.3 Å². The van der Waals surface area contributed by atoms with Crippen molar-refractivity contribution in [3.8, 4) is 0 Å². The Morgan fingerprint density at radius 2 is 0.636 bits per heavy atom. The van der Waals surface area contributed by atoms with Gasteiger partial charge in [-0.25, -0.2) is 29.1 Å². The Kier molecular flexibility index (Phi) is 337. The van der Waals surface area contributed by atoms with Crippen LogP contribution in [-0.4, -0.2) is 253 Å². The summed E-state index contributed by atoms with van der Waals surface area (Å²) < 4.78 is 70.2. The SMILES string of the molecule is C.C.C.C.C.C.C.C.C.C.C.C.C.C.C.C.C.CCCCCOCOCC.CCCOC(=O)NCNCOOCCOCC.CCCOCC.CCCOCCOCOCC.CCNCCOCC.CCOCCCCC(O)CC.CCOCCOCC(O)CC.CCOCCOOCNCNC(=O)OCC.O=C=O. The van der Waals surface area contributed by atoms with Gasteiger partial charge in [-0.2, -0.15) is 9.59 Å². The van der Waals surface area contributed by atoms with Crippen LogP contribution in [0.4, 0.5) is 9.59 Å². The first-order valence-corrected chi connectivity index (χ1v) is 34.0. The van der Waals surface area contributed by atoms with Gasteiger partial charge >= 0.3 is 18.3 Å². The number of unbranched alkanes of at least 4 members (excludes halogenated alkanes) is 3. The number of hydrogen-bond acceptors (Lipinski definition) is 27. The van der Waals surface area contributed by atoms with Crippen LogP contribution in [0, 0.1) is 0 Å². The average molecular weight is 1640 g/mol. The van der Waals surface area contributed by atoms with E-state index in [1.807, 2.05) is 76.2 Å². The Balaban J connectivity index is -0.0000000301. The number of carbonyl (C=O) groups excluding carboxylic acids is 4. The van der Waals surface area contributed by atoms with Crippen molar-refractivity contribution < 1.29 is 115 Å². The first-order valence-electron chi connectivity index (χ1n) is 34.0. The average Bonchev–Trinajstić information content (AvgIpc) is 1.12. The molecule has 29 nitrogen and oxygen atoms in total. The highest BCUT2D eigenvalue weighted by molar-refractivity contribution is 5.67. The van der Waals surface area contributed by atoms with Gasteiger partial charge in [-0.15, -0.1) is 0 Å². The lowest BCUT2D eigenvalue weighted by Crippen LogP contribution is -2.35. The van der Waals surface area contributed by atoms with Crippen LogP contribution in [0.15, 0.2) is 0 Å². The van der Waals surface area contributed by atoms with E-state index < -0.39 is 12.2 Å². The van der Waals surface area contributed by atoms with E-state index in [9.17, 15) is 14.7 Å². The number of ether oxygens (including phenoxy) is 14. The summed E-state index contributed by atoms with van der Waals surface area (Å²) in [6, 6.07) is 0. The third kappa shape index (κ3) is 253. The molecule has 0 aromatic heterocycles. The molecular weight excluding hydrogens is 1430 g/mol. The number of amides is 2. The molecule has 0 saturated heterocycles. The second kappa shape index (κ2) is 202. The normalized spacial score (nSPS) is 8.96. The summed E-state index contributed by atoms with van der Waals surface area (Å²) in [5.74, 6) is 0. The molecule has 0 aromatic rings. The Hall–Kier alpha value is -2.92. The number of rotatable bonds is 58. The summed E-state index contributed by atoms with van der Waals surface area (Å²) in [5, 5.41) is 31.9. The lowest BCUT2D eigenvalue weighted by atomic mass is 10.1. The van der Waals surface area contributed by atoms with E-state index in [1.165, 1.54) is 12.8 Å². The van der Waals surface area contributed by atoms with Crippen LogP contribution < -0.4 is 26.6 Å². The molecule has 110 heavy (non-hydrogen) atoms. The molecule has 0 saturated carbocycles. The fourth-order valence-electron chi connectivity index (χ4n) is 5.07. The number of alkyl carbamates (subject to hydrolysis) is 2. The van der Waals surface area contributed by atoms with Crippen molar-refractivity contribution in [2.45, 2.75) is 320 Å². The Morgan fingerprint density at radius 1 is 0.309 bits per heavy atom. The van der Waals surface area contributed by atoms with Crippen LogP contribution in [0.3, 0.4) is 0 Å². The zero-order valence-electron chi connectivity index (χ0n) is 61.4. The van der Waals surface area contributed by atoms with Gasteiger partial charge in [-0.05, 0) is 127 Å². The fraction of sp³-hybridized carbons (Fsp3) is 0.963. The van der Waals surface area contributed by atoms with Crippen LogP contribution >= 0.6 is 0 Å². The highest BCUT2D eigenvalue weighted by atomic mass is 17.2. The maximum Gasteiger partial charge on any atom is 0.408 e. The molecule has 0 aliphatic heterocycles. The number of likely N-dealkylation sites (N-methyl/N-ethyl adjacent to an activating group) is 1. The molecule has 0 bridgehead atoms. The van der Waals surface area contributed by atoms with E-state index >= 15 is 0 Å². The Bertz CT molecular complexity index is 1220. The van der Waals surface area contributed by atoms with Crippen molar-refractivity contribution in [3.63, 3.8) is 0 Å². The zero-order valence-corrected chi connectivity index (χ0v) is 61.4. The predicted molar refractivity (Wildman–Crippen MR) is 475 cm³/mol. The summed E-state index contributed by atoms with van der Waals surface area (Å²) in [7, 11) is 0. The number of hydrogen-bond donors (Lipinski definition) is 7. The molecule has 704 valence electrons. The topological polar surface area (TPSA) is 335 Å². The van der Waals surface area contributed by atoms with E-state index in [-0.39, 0.29) is 171 Å². The maximum atomic E-state index is 10.9. The molecule has 0 spiro atoms. The standard InChI is InChI=1S/C10H22N2O5.C9H20N2O5.C9H20O2.2C8H18O3.C8H18O2.C6H15NO.C5H12O.CO2.17CH4/c1-3-5-15-10(13)12-8-11-9-17-16-7-6-14-4-2;1-3-13-5-6-15-16-8-10-7-11-9(12)14-4-2;1-3-9(10)7-5-6-8-11-4-2;1-3-8(9)7-11-6-5-10-4-2;1-3-5-10-6-7-11-8-9-4-2;1-3-5-6-7-10-8-9-4-2;1-3-7-5-6-8-4-2;1-3-5-6-4-2;2-1-3;;;;;;;;;;;;;;;;;/h11H,3-9H2,1-2H3,(H,12,13);10H,3-8H2,1-2H3,(H,11,12);9-10H,3-8H2,1-2H3;8-9H,3-7H2,1-2H3;3-8H2,1-2H3;3-8H2,1-2H3;7H,3-6H2,1-2H3;3-5H2,1-2H3;;17*1H4. The van der Waals surface area contributed by atoms with E-state index in [1.54, 1.807) is 6.92 Å². The van der Waals surface area contributed by atoms with Gasteiger partial charge in [-0.1, -0.05) is 188 Å². The van der Waals surface area contributed by atoms with Crippen LogP contribution in [0.2, 0.25) is 0 Å². The summed E-state index contributed by atoms with van der Waals surface area (Å²) in [5.41, 5.74) is 0. The molecule has 0 radical (unpaired) electrons. The third-order valence-electron chi connectivity index (χ3n) is 9.84. The van der Waals surface area contributed by atoms with Gasteiger partial charge in [0.15, 0.2) is 0 Å². The van der Waals surface area contributed by atoms with Gasteiger partial charge in [0.25, 0.3) is 0 Å². The van der Waals surface area contributed by atoms with Gasteiger partial charge in [0.05, 0.1) is 91.6 Å². The number of nitrogens with one attached hydrogen (secondary N) is 5. The Morgan fingerprint density at radius 3 is 1.01 bits per heavy atom. The number of aliphatic hydroxyl groups is 2. The summed E-state index contributed by atoms with van der Waals surface area (Å²) >= 11 is 0. The molecule has 0 heterocycles. The quantitative estimate of drug-likeness (QED) is 0.0129. The highest BCUT2D eigenvalue weighted by Crippen LogP contribution is 2.03. The van der Waals surface area contributed by atoms with Crippen LogP contribution in [0.1, 0.15) is 308 Å². The van der Waals surface area contributed by atoms with E-state index in [0.29, 0.717) is 106 Å². The Labute approximate surface area is 689 Å². The predicted octanol–water partition coefficient (Wildman–Crippen LogP) is 19.5. The van der Waals surface area contributed by atoms with Gasteiger partial charge in [0, 0.05) is 85.8 Å². The largest absolute Gasteiger partial charge is 0.450 e. The van der Waals surface area contributed by atoms with Crippen LogP contribution in [0.5, 0.6) is 0 Å². The molecule has 0 aliphatic rings. The van der Waals surface area contributed by atoms with E-state index in [0.717, 1.165) is 137 Å². The second-order valence-electron chi connectivity index (χ2n) is 17.9.